The Morgan fingerprint density at radius 3 is 2.83 bits per heavy atom. The second-order valence-corrected chi connectivity index (χ2v) is 4.43. The minimum Gasteiger partial charge on any atom is -0.356 e. The Kier molecular flexibility index (Phi) is 6.68. The number of rotatable bonds is 7. The van der Waals surface area contributed by atoms with Crippen molar-refractivity contribution in [2.45, 2.75) is 26.3 Å². The minimum absolute atomic E-state index is 0.0430. The maximum atomic E-state index is 12.9. The van der Waals surface area contributed by atoms with Crippen LogP contribution in [0.15, 0.2) is 18.2 Å². The van der Waals surface area contributed by atoms with Crippen molar-refractivity contribution in [1.29, 1.82) is 0 Å². The van der Waals surface area contributed by atoms with E-state index in [1.54, 1.807) is 12.1 Å². The van der Waals surface area contributed by atoms with Crippen molar-refractivity contribution in [1.82, 2.24) is 10.6 Å². The predicted octanol–water partition coefficient (Wildman–Crippen LogP) is 2.49. The third kappa shape index (κ3) is 5.47. The molecule has 0 aliphatic carbocycles. The summed E-state index contributed by atoms with van der Waals surface area (Å²) in [5.41, 5.74) is 0.898. The molecule has 3 nitrogen and oxygen atoms in total. The normalized spacial score (nSPS) is 10.4. The van der Waals surface area contributed by atoms with Gasteiger partial charge in [0.25, 0.3) is 0 Å². The van der Waals surface area contributed by atoms with Gasteiger partial charge in [0, 0.05) is 26.1 Å². The highest BCUT2D eigenvalue weighted by Gasteiger charge is 2.02. The average Bonchev–Trinajstić information content (AvgIpc) is 2.36. The number of halogens is 2. The molecular formula is C13H18ClFN2O. The topological polar surface area (TPSA) is 41.1 Å². The zero-order valence-electron chi connectivity index (χ0n) is 10.4. The fourth-order valence-electron chi connectivity index (χ4n) is 1.44. The molecule has 5 heteroatoms. The van der Waals surface area contributed by atoms with Crippen LogP contribution in [0.1, 0.15) is 25.3 Å². The van der Waals surface area contributed by atoms with Crippen LogP contribution >= 0.6 is 11.6 Å². The van der Waals surface area contributed by atoms with Gasteiger partial charge in [-0.2, -0.15) is 0 Å². The van der Waals surface area contributed by atoms with Crippen molar-refractivity contribution < 1.29 is 9.18 Å². The summed E-state index contributed by atoms with van der Waals surface area (Å²) in [5.74, 6) is -0.374. The van der Waals surface area contributed by atoms with E-state index >= 15 is 0 Å². The highest BCUT2D eigenvalue weighted by atomic mass is 35.5. The van der Waals surface area contributed by atoms with Crippen LogP contribution in [0.2, 0.25) is 5.02 Å². The molecule has 0 bridgehead atoms. The van der Waals surface area contributed by atoms with Crippen LogP contribution < -0.4 is 10.6 Å². The molecule has 0 heterocycles. The van der Waals surface area contributed by atoms with Crippen LogP contribution in [0, 0.1) is 5.82 Å². The summed E-state index contributed by atoms with van der Waals surface area (Å²) < 4.78 is 12.9. The number of carbonyl (C=O) groups excluding carboxylic acids is 1. The van der Waals surface area contributed by atoms with E-state index in [2.05, 4.69) is 10.6 Å². The Labute approximate surface area is 112 Å². The first-order valence-electron chi connectivity index (χ1n) is 6.04. The molecule has 2 N–H and O–H groups in total. The Balaban J connectivity index is 2.21. The zero-order valence-corrected chi connectivity index (χ0v) is 11.2. The molecule has 0 fully saturated rings. The van der Waals surface area contributed by atoms with E-state index in [9.17, 15) is 9.18 Å². The molecule has 0 saturated carbocycles. The van der Waals surface area contributed by atoms with Gasteiger partial charge in [0.2, 0.25) is 5.91 Å². The second-order valence-electron chi connectivity index (χ2n) is 4.03. The molecule has 1 amide bonds. The number of benzene rings is 1. The van der Waals surface area contributed by atoms with Crippen molar-refractivity contribution in [2.75, 3.05) is 13.1 Å². The average molecular weight is 273 g/mol. The smallest absolute Gasteiger partial charge is 0.221 e. The van der Waals surface area contributed by atoms with E-state index in [-0.39, 0.29) is 10.9 Å². The third-order valence-corrected chi connectivity index (χ3v) is 2.70. The summed E-state index contributed by atoms with van der Waals surface area (Å²) in [7, 11) is 0. The molecular weight excluding hydrogens is 255 g/mol. The van der Waals surface area contributed by atoms with E-state index < -0.39 is 5.82 Å². The van der Waals surface area contributed by atoms with E-state index in [1.807, 2.05) is 6.92 Å². The van der Waals surface area contributed by atoms with Crippen molar-refractivity contribution in [2.24, 2.45) is 0 Å². The van der Waals surface area contributed by atoms with Crippen molar-refractivity contribution in [3.05, 3.63) is 34.6 Å². The number of amides is 1. The molecule has 0 atom stereocenters. The van der Waals surface area contributed by atoms with Gasteiger partial charge in [-0.05, 0) is 24.1 Å². The lowest BCUT2D eigenvalue weighted by Crippen LogP contribution is -2.28. The monoisotopic (exact) mass is 272 g/mol. The van der Waals surface area contributed by atoms with Gasteiger partial charge >= 0.3 is 0 Å². The molecule has 0 aliphatic heterocycles. The highest BCUT2D eigenvalue weighted by molar-refractivity contribution is 6.30. The van der Waals surface area contributed by atoms with Gasteiger partial charge in [0.1, 0.15) is 5.82 Å². The minimum atomic E-state index is -0.417. The largest absolute Gasteiger partial charge is 0.356 e. The summed E-state index contributed by atoms with van der Waals surface area (Å²) in [5, 5.41) is 6.03. The summed E-state index contributed by atoms with van der Waals surface area (Å²) >= 11 is 5.67. The molecule has 0 unspecified atom stereocenters. The van der Waals surface area contributed by atoms with Crippen LogP contribution in [0.4, 0.5) is 4.39 Å². The second kappa shape index (κ2) is 8.06. The lowest BCUT2D eigenvalue weighted by Gasteiger charge is -2.06. The van der Waals surface area contributed by atoms with E-state index in [0.29, 0.717) is 26.1 Å². The fourth-order valence-corrected chi connectivity index (χ4v) is 1.64. The van der Waals surface area contributed by atoms with E-state index in [4.69, 9.17) is 11.6 Å². The molecule has 0 aromatic heterocycles. The van der Waals surface area contributed by atoms with Gasteiger partial charge in [-0.25, -0.2) is 4.39 Å². The molecule has 100 valence electrons. The SMILES string of the molecule is CCCNC(=O)CCNCc1ccc(F)c(Cl)c1. The number of hydrogen-bond donors (Lipinski definition) is 2. The molecule has 0 saturated heterocycles. The van der Waals surface area contributed by atoms with Crippen molar-refractivity contribution in [3.8, 4) is 0 Å². The molecule has 18 heavy (non-hydrogen) atoms. The summed E-state index contributed by atoms with van der Waals surface area (Å²) in [6.45, 7) is 3.88. The van der Waals surface area contributed by atoms with Crippen LogP contribution in [-0.4, -0.2) is 19.0 Å². The Bertz CT molecular complexity index is 399. The van der Waals surface area contributed by atoms with Gasteiger partial charge < -0.3 is 10.6 Å². The third-order valence-electron chi connectivity index (χ3n) is 2.41. The Morgan fingerprint density at radius 1 is 1.39 bits per heavy atom. The van der Waals surface area contributed by atoms with Gasteiger partial charge in [0.05, 0.1) is 5.02 Å². The van der Waals surface area contributed by atoms with Gasteiger partial charge in [-0.3, -0.25) is 4.79 Å². The first kappa shape index (κ1) is 14.9. The van der Waals surface area contributed by atoms with Crippen LogP contribution in [-0.2, 0) is 11.3 Å². The predicted molar refractivity (Wildman–Crippen MR) is 71.0 cm³/mol. The maximum absolute atomic E-state index is 12.9. The fraction of sp³-hybridized carbons (Fsp3) is 0.462. The summed E-state index contributed by atoms with van der Waals surface area (Å²) in [6.07, 6.45) is 1.38. The molecule has 1 aromatic carbocycles. The molecule has 1 aromatic rings. The Morgan fingerprint density at radius 2 is 2.17 bits per heavy atom. The van der Waals surface area contributed by atoms with Crippen molar-refractivity contribution >= 4 is 17.5 Å². The first-order chi connectivity index (χ1) is 8.63. The van der Waals surface area contributed by atoms with Crippen LogP contribution in [0.25, 0.3) is 0 Å². The molecule has 0 spiro atoms. The van der Waals surface area contributed by atoms with Gasteiger partial charge in [-0.1, -0.05) is 24.6 Å². The van der Waals surface area contributed by atoms with Crippen molar-refractivity contribution in [3.63, 3.8) is 0 Å². The highest BCUT2D eigenvalue weighted by Crippen LogP contribution is 2.15. The quantitative estimate of drug-likeness (QED) is 0.749. The first-order valence-corrected chi connectivity index (χ1v) is 6.42. The number of nitrogens with one attached hydrogen (secondary N) is 2. The zero-order chi connectivity index (χ0) is 13.4. The van der Waals surface area contributed by atoms with Gasteiger partial charge in [0.15, 0.2) is 0 Å². The molecule has 1 rings (SSSR count). The van der Waals surface area contributed by atoms with E-state index in [1.165, 1.54) is 6.07 Å². The van der Waals surface area contributed by atoms with Crippen LogP contribution in [0.3, 0.4) is 0 Å². The standard InChI is InChI=1S/C13H18ClFN2O/c1-2-6-17-13(18)5-7-16-9-10-3-4-12(15)11(14)8-10/h3-4,8,16H,2,5-7,9H2,1H3,(H,17,18). The van der Waals surface area contributed by atoms with Gasteiger partial charge in [-0.15, -0.1) is 0 Å². The summed E-state index contributed by atoms with van der Waals surface area (Å²) in [4.78, 5) is 11.3. The Hall–Kier alpha value is -1.13. The maximum Gasteiger partial charge on any atom is 0.221 e. The summed E-state index contributed by atoms with van der Waals surface area (Å²) in [6, 6.07) is 4.60. The van der Waals surface area contributed by atoms with E-state index in [0.717, 1.165) is 12.0 Å². The lowest BCUT2D eigenvalue weighted by molar-refractivity contribution is -0.120. The molecule has 0 radical (unpaired) electrons. The van der Waals surface area contributed by atoms with Crippen LogP contribution in [0.5, 0.6) is 0 Å². The number of hydrogen-bond acceptors (Lipinski definition) is 2. The lowest BCUT2D eigenvalue weighted by atomic mass is 10.2. The molecule has 0 aliphatic rings. The number of carbonyl (C=O) groups is 1.